The van der Waals surface area contributed by atoms with Gasteiger partial charge in [-0.25, -0.2) is 4.79 Å². The maximum absolute atomic E-state index is 11.6. The smallest absolute Gasteiger partial charge is 0.319 e. The van der Waals surface area contributed by atoms with Crippen LogP contribution in [0.3, 0.4) is 0 Å². The number of fused-ring (bicyclic) bond motifs is 1. The fourth-order valence-corrected chi connectivity index (χ4v) is 2.25. The van der Waals surface area contributed by atoms with E-state index in [1.807, 2.05) is 19.1 Å². The number of aryl methyl sites for hydroxylation is 2. The molecule has 2 rings (SSSR count). The molecule has 0 radical (unpaired) electrons. The van der Waals surface area contributed by atoms with Gasteiger partial charge >= 0.3 is 6.03 Å². The molecule has 0 saturated heterocycles. The van der Waals surface area contributed by atoms with Gasteiger partial charge in [0.2, 0.25) is 5.91 Å². The van der Waals surface area contributed by atoms with Crippen LogP contribution in [0.1, 0.15) is 24.5 Å². The van der Waals surface area contributed by atoms with E-state index in [1.165, 1.54) is 17.5 Å². The van der Waals surface area contributed by atoms with Crippen LogP contribution in [0.5, 0.6) is 0 Å². The Kier molecular flexibility index (Phi) is 4.39. The predicted molar refractivity (Wildman–Crippen MR) is 74.2 cm³/mol. The molecule has 0 aliphatic heterocycles. The number of hydrogen-bond donors (Lipinski definition) is 3. The van der Waals surface area contributed by atoms with Crippen molar-refractivity contribution in [3.8, 4) is 0 Å². The molecule has 1 aromatic rings. The number of rotatable bonds is 4. The van der Waals surface area contributed by atoms with E-state index in [0.29, 0.717) is 6.54 Å². The first-order chi connectivity index (χ1) is 9.19. The zero-order valence-electron chi connectivity index (χ0n) is 11.1. The third kappa shape index (κ3) is 3.71. The highest BCUT2D eigenvalue weighted by Crippen LogP contribution is 2.24. The molecule has 0 fully saturated rings. The van der Waals surface area contributed by atoms with Crippen molar-refractivity contribution in [1.29, 1.82) is 0 Å². The van der Waals surface area contributed by atoms with Crippen molar-refractivity contribution in [3.05, 3.63) is 29.3 Å². The second kappa shape index (κ2) is 6.22. The van der Waals surface area contributed by atoms with Crippen molar-refractivity contribution in [2.24, 2.45) is 0 Å². The fourth-order valence-electron chi connectivity index (χ4n) is 2.25. The first kappa shape index (κ1) is 13.4. The zero-order chi connectivity index (χ0) is 13.7. The summed E-state index contributed by atoms with van der Waals surface area (Å²) in [7, 11) is 0. The average Bonchev–Trinajstić information content (AvgIpc) is 2.84. The summed E-state index contributed by atoms with van der Waals surface area (Å²) >= 11 is 0. The number of carbonyl (C=O) groups excluding carboxylic acids is 2. The molecule has 0 saturated carbocycles. The lowest BCUT2D eigenvalue weighted by atomic mass is 10.1. The van der Waals surface area contributed by atoms with Gasteiger partial charge in [0.05, 0.1) is 6.54 Å². The molecule has 0 aromatic heterocycles. The van der Waals surface area contributed by atoms with Crippen molar-refractivity contribution < 1.29 is 9.59 Å². The van der Waals surface area contributed by atoms with Crippen LogP contribution in [0, 0.1) is 0 Å². The monoisotopic (exact) mass is 261 g/mol. The lowest BCUT2D eigenvalue weighted by Crippen LogP contribution is -2.38. The third-order valence-electron chi connectivity index (χ3n) is 3.14. The lowest BCUT2D eigenvalue weighted by molar-refractivity contribution is -0.119. The van der Waals surface area contributed by atoms with Crippen molar-refractivity contribution in [2.75, 3.05) is 18.4 Å². The summed E-state index contributed by atoms with van der Waals surface area (Å²) < 4.78 is 0. The Morgan fingerprint density at radius 2 is 1.95 bits per heavy atom. The molecule has 1 aromatic carbocycles. The summed E-state index contributed by atoms with van der Waals surface area (Å²) in [6, 6.07) is 5.61. The summed E-state index contributed by atoms with van der Waals surface area (Å²) in [5, 5.41) is 7.88. The summed E-state index contributed by atoms with van der Waals surface area (Å²) in [6.45, 7) is 2.39. The largest absolute Gasteiger partial charge is 0.355 e. The molecular weight excluding hydrogens is 242 g/mol. The lowest BCUT2D eigenvalue weighted by Gasteiger charge is -2.09. The number of urea groups is 1. The summed E-state index contributed by atoms with van der Waals surface area (Å²) in [4.78, 5) is 22.8. The van der Waals surface area contributed by atoms with Crippen LogP contribution in [0.25, 0.3) is 0 Å². The molecule has 19 heavy (non-hydrogen) atoms. The van der Waals surface area contributed by atoms with Crippen molar-refractivity contribution >= 4 is 17.6 Å². The van der Waals surface area contributed by atoms with Crippen LogP contribution in [0.15, 0.2) is 18.2 Å². The van der Waals surface area contributed by atoms with Crippen molar-refractivity contribution in [1.82, 2.24) is 10.6 Å². The summed E-state index contributed by atoms with van der Waals surface area (Å²) in [5.74, 6) is -0.188. The second-order valence-corrected chi connectivity index (χ2v) is 4.60. The molecular formula is C14H19N3O2. The molecule has 1 aliphatic carbocycles. The van der Waals surface area contributed by atoms with Crippen LogP contribution in [0.4, 0.5) is 10.5 Å². The number of benzene rings is 1. The number of nitrogens with one attached hydrogen (secondary N) is 3. The van der Waals surface area contributed by atoms with Gasteiger partial charge in [-0.2, -0.15) is 0 Å². The summed E-state index contributed by atoms with van der Waals surface area (Å²) in [6.07, 6.45) is 3.38. The molecule has 1 aliphatic rings. The van der Waals surface area contributed by atoms with Crippen LogP contribution < -0.4 is 16.0 Å². The molecule has 0 bridgehead atoms. The number of hydrogen-bond acceptors (Lipinski definition) is 2. The Morgan fingerprint density at radius 1 is 1.16 bits per heavy atom. The SMILES string of the molecule is CCNC(=O)CNC(=O)Nc1ccc2c(c1)CCC2. The first-order valence-corrected chi connectivity index (χ1v) is 6.62. The highest BCUT2D eigenvalue weighted by molar-refractivity contribution is 5.92. The molecule has 0 spiro atoms. The van der Waals surface area contributed by atoms with Crippen LogP contribution in [-0.2, 0) is 17.6 Å². The predicted octanol–water partition coefficient (Wildman–Crippen LogP) is 1.43. The van der Waals surface area contributed by atoms with E-state index in [1.54, 1.807) is 0 Å². The number of carbonyl (C=O) groups is 2. The van der Waals surface area contributed by atoms with Crippen molar-refractivity contribution in [2.45, 2.75) is 26.2 Å². The minimum Gasteiger partial charge on any atom is -0.355 e. The first-order valence-electron chi connectivity index (χ1n) is 6.62. The van der Waals surface area contributed by atoms with Crippen LogP contribution >= 0.6 is 0 Å². The van der Waals surface area contributed by atoms with E-state index in [2.05, 4.69) is 22.0 Å². The molecule has 0 heterocycles. The Labute approximate surface area is 112 Å². The van der Waals surface area contributed by atoms with E-state index in [4.69, 9.17) is 0 Å². The molecule has 102 valence electrons. The summed E-state index contributed by atoms with van der Waals surface area (Å²) in [5.41, 5.74) is 3.45. The minimum absolute atomic E-state index is 0.00931. The zero-order valence-corrected chi connectivity index (χ0v) is 11.1. The van der Waals surface area contributed by atoms with Gasteiger partial charge in [0.1, 0.15) is 0 Å². The molecule has 5 nitrogen and oxygen atoms in total. The van der Waals surface area contributed by atoms with E-state index in [-0.39, 0.29) is 18.5 Å². The minimum atomic E-state index is -0.357. The van der Waals surface area contributed by atoms with Crippen LogP contribution in [-0.4, -0.2) is 25.0 Å². The standard InChI is InChI=1S/C14H19N3O2/c1-2-15-13(18)9-16-14(19)17-12-7-6-10-4-3-5-11(10)8-12/h6-8H,2-5,9H2,1H3,(H,15,18)(H2,16,17,19). The maximum Gasteiger partial charge on any atom is 0.319 e. The van der Waals surface area contributed by atoms with E-state index >= 15 is 0 Å². The fraction of sp³-hybridized carbons (Fsp3) is 0.429. The highest BCUT2D eigenvalue weighted by Gasteiger charge is 2.11. The molecule has 3 N–H and O–H groups in total. The van der Waals surface area contributed by atoms with Gasteiger partial charge < -0.3 is 16.0 Å². The molecule has 0 atom stereocenters. The van der Waals surface area contributed by atoms with Gasteiger partial charge in [-0.15, -0.1) is 0 Å². The molecule has 3 amide bonds. The van der Waals surface area contributed by atoms with Gasteiger partial charge in [0.15, 0.2) is 0 Å². The number of anilines is 1. The quantitative estimate of drug-likeness (QED) is 0.767. The molecule has 5 heteroatoms. The normalized spacial score (nSPS) is 12.7. The maximum atomic E-state index is 11.6. The van der Waals surface area contributed by atoms with Gasteiger partial charge in [-0.05, 0) is 49.4 Å². The topological polar surface area (TPSA) is 70.2 Å². The van der Waals surface area contributed by atoms with Gasteiger partial charge in [0, 0.05) is 12.2 Å². The average molecular weight is 261 g/mol. The van der Waals surface area contributed by atoms with E-state index in [0.717, 1.165) is 18.5 Å². The van der Waals surface area contributed by atoms with E-state index in [9.17, 15) is 9.59 Å². The third-order valence-corrected chi connectivity index (χ3v) is 3.14. The highest BCUT2D eigenvalue weighted by atomic mass is 16.2. The van der Waals surface area contributed by atoms with Gasteiger partial charge in [0.25, 0.3) is 0 Å². The number of amides is 3. The Balaban J connectivity index is 1.84. The van der Waals surface area contributed by atoms with Gasteiger partial charge in [-0.3, -0.25) is 4.79 Å². The second-order valence-electron chi connectivity index (χ2n) is 4.60. The molecule has 0 unspecified atom stereocenters. The Bertz CT molecular complexity index is 486. The number of likely N-dealkylation sites (N-methyl/N-ethyl adjacent to an activating group) is 1. The Morgan fingerprint density at radius 3 is 2.74 bits per heavy atom. The van der Waals surface area contributed by atoms with Crippen molar-refractivity contribution in [3.63, 3.8) is 0 Å². The van der Waals surface area contributed by atoms with E-state index < -0.39 is 0 Å². The van der Waals surface area contributed by atoms with Crippen LogP contribution in [0.2, 0.25) is 0 Å². The van der Waals surface area contributed by atoms with Gasteiger partial charge in [-0.1, -0.05) is 6.07 Å². The Hall–Kier alpha value is -2.04.